The Morgan fingerprint density at radius 1 is 1.00 bits per heavy atom. The maximum absolute atomic E-state index is 12.8. The number of aryl methyl sites for hydroxylation is 1. The van der Waals surface area contributed by atoms with Gasteiger partial charge in [-0.25, -0.2) is 4.98 Å². The number of nitrogens with zero attached hydrogens (tertiary/aromatic N) is 1. The van der Waals surface area contributed by atoms with Crippen LogP contribution in [0, 0.1) is 12.3 Å². The largest absolute Gasteiger partial charge is 0.486 e. The summed E-state index contributed by atoms with van der Waals surface area (Å²) in [4.78, 5) is 29.2. The molecule has 0 aliphatic heterocycles. The van der Waals surface area contributed by atoms with Crippen LogP contribution >= 0.6 is 11.3 Å². The van der Waals surface area contributed by atoms with E-state index in [1.165, 1.54) is 0 Å². The third-order valence-electron chi connectivity index (χ3n) is 4.26. The molecule has 3 rings (SSSR count). The number of thiazole rings is 1. The van der Waals surface area contributed by atoms with Crippen molar-refractivity contribution in [1.29, 1.82) is 0 Å². The summed E-state index contributed by atoms with van der Waals surface area (Å²) in [6, 6.07) is 14.1. The highest BCUT2D eigenvalue weighted by Gasteiger charge is 2.21. The van der Waals surface area contributed by atoms with Crippen molar-refractivity contribution in [3.63, 3.8) is 0 Å². The molecule has 0 fully saturated rings. The lowest BCUT2D eigenvalue weighted by Gasteiger charge is -2.17. The molecule has 7 heteroatoms. The van der Waals surface area contributed by atoms with Crippen LogP contribution in [0.3, 0.4) is 0 Å². The van der Waals surface area contributed by atoms with E-state index >= 15 is 0 Å². The molecule has 3 aromatic rings. The van der Waals surface area contributed by atoms with E-state index in [2.05, 4.69) is 15.6 Å². The van der Waals surface area contributed by atoms with Crippen LogP contribution in [-0.2, 0) is 11.4 Å². The molecule has 0 bridgehead atoms. The lowest BCUT2D eigenvalue weighted by atomic mass is 9.95. The Morgan fingerprint density at radius 3 is 2.23 bits per heavy atom. The average Bonchev–Trinajstić information content (AvgIpc) is 3.12. The molecule has 0 radical (unpaired) electrons. The Morgan fingerprint density at radius 2 is 1.63 bits per heavy atom. The van der Waals surface area contributed by atoms with Crippen LogP contribution in [0.1, 0.15) is 41.8 Å². The van der Waals surface area contributed by atoms with Gasteiger partial charge in [-0.15, -0.1) is 11.3 Å². The van der Waals surface area contributed by atoms with E-state index in [9.17, 15) is 9.59 Å². The fraction of sp³-hybridized carbons (Fsp3) is 0.261. The van der Waals surface area contributed by atoms with Crippen molar-refractivity contribution in [1.82, 2.24) is 4.98 Å². The molecule has 0 saturated heterocycles. The van der Waals surface area contributed by atoms with E-state index in [1.54, 1.807) is 53.8 Å². The summed E-state index contributed by atoms with van der Waals surface area (Å²) in [5.74, 6) is 0.155. The molecule has 1 heterocycles. The van der Waals surface area contributed by atoms with Gasteiger partial charge >= 0.3 is 0 Å². The van der Waals surface area contributed by atoms with Crippen LogP contribution in [0.4, 0.5) is 11.4 Å². The number of ether oxygens (including phenoxy) is 1. The van der Waals surface area contributed by atoms with Crippen LogP contribution in [0.5, 0.6) is 5.75 Å². The monoisotopic (exact) mass is 423 g/mol. The van der Waals surface area contributed by atoms with Gasteiger partial charge in [0.25, 0.3) is 5.91 Å². The Hall–Kier alpha value is -3.19. The van der Waals surface area contributed by atoms with Crippen LogP contribution in [0.15, 0.2) is 53.9 Å². The zero-order valence-corrected chi connectivity index (χ0v) is 18.3. The fourth-order valence-electron chi connectivity index (χ4n) is 2.56. The molecule has 0 unspecified atom stereocenters. The second-order valence-corrected chi connectivity index (χ2v) is 8.94. The third kappa shape index (κ3) is 5.67. The third-order valence-corrected chi connectivity index (χ3v) is 5.08. The van der Waals surface area contributed by atoms with Crippen molar-refractivity contribution in [3.8, 4) is 5.75 Å². The molecule has 0 aliphatic carbocycles. The molecule has 0 spiro atoms. The van der Waals surface area contributed by atoms with Crippen LogP contribution in [0.25, 0.3) is 0 Å². The van der Waals surface area contributed by atoms with Gasteiger partial charge < -0.3 is 15.4 Å². The number of hydrogen-bond donors (Lipinski definition) is 2. The van der Waals surface area contributed by atoms with Gasteiger partial charge in [-0.3, -0.25) is 9.59 Å². The number of carbonyl (C=O) groups excluding carboxylic acids is 2. The molecule has 6 nitrogen and oxygen atoms in total. The molecule has 0 saturated carbocycles. The SMILES string of the molecule is Cc1nc(COc2ccccc2C(=O)Nc2ccc(NC(=O)C(C)(C)C)cc2)cs1. The first-order chi connectivity index (χ1) is 14.2. The summed E-state index contributed by atoms with van der Waals surface area (Å²) in [6.07, 6.45) is 0. The zero-order valence-electron chi connectivity index (χ0n) is 17.5. The van der Waals surface area contributed by atoms with E-state index in [1.807, 2.05) is 39.1 Å². The molecule has 0 aliphatic rings. The first-order valence-corrected chi connectivity index (χ1v) is 10.5. The number of para-hydroxylation sites is 1. The maximum atomic E-state index is 12.8. The van der Waals surface area contributed by atoms with E-state index in [4.69, 9.17) is 4.74 Å². The quantitative estimate of drug-likeness (QED) is 0.566. The first-order valence-electron chi connectivity index (χ1n) is 9.58. The Labute approximate surface area is 180 Å². The van der Waals surface area contributed by atoms with Crippen LogP contribution < -0.4 is 15.4 Å². The van der Waals surface area contributed by atoms with Gasteiger partial charge in [0.2, 0.25) is 5.91 Å². The number of rotatable bonds is 6. The summed E-state index contributed by atoms with van der Waals surface area (Å²) >= 11 is 1.56. The van der Waals surface area contributed by atoms with Gasteiger partial charge in [0.15, 0.2) is 0 Å². The van der Waals surface area contributed by atoms with Crippen molar-refractivity contribution in [2.75, 3.05) is 10.6 Å². The predicted molar refractivity (Wildman–Crippen MR) is 120 cm³/mol. The lowest BCUT2D eigenvalue weighted by molar-refractivity contribution is -0.123. The highest BCUT2D eigenvalue weighted by atomic mass is 32.1. The van der Waals surface area contributed by atoms with Gasteiger partial charge in [0, 0.05) is 22.2 Å². The standard InChI is InChI=1S/C23H25N3O3S/c1-15-24-18(14-30-15)13-29-20-8-6-5-7-19(20)21(27)25-16-9-11-17(12-10-16)26-22(28)23(2,3)4/h5-12,14H,13H2,1-4H3,(H,25,27)(H,26,28). The van der Waals surface area contributed by atoms with E-state index in [0.717, 1.165) is 10.7 Å². The van der Waals surface area contributed by atoms with Crippen molar-refractivity contribution in [2.24, 2.45) is 5.41 Å². The zero-order chi connectivity index (χ0) is 21.7. The minimum atomic E-state index is -0.478. The summed E-state index contributed by atoms with van der Waals surface area (Å²) < 4.78 is 5.83. The van der Waals surface area contributed by atoms with E-state index in [-0.39, 0.29) is 11.8 Å². The summed E-state index contributed by atoms with van der Waals surface area (Å²) in [7, 11) is 0. The molecular weight excluding hydrogens is 398 g/mol. The van der Waals surface area contributed by atoms with Crippen molar-refractivity contribution in [2.45, 2.75) is 34.3 Å². The Balaban J connectivity index is 1.65. The van der Waals surface area contributed by atoms with Gasteiger partial charge in [-0.1, -0.05) is 32.9 Å². The second-order valence-electron chi connectivity index (χ2n) is 7.88. The number of nitrogens with one attached hydrogen (secondary N) is 2. The predicted octanol–water partition coefficient (Wildman–Crippen LogP) is 5.27. The van der Waals surface area contributed by atoms with Crippen LogP contribution in [0.2, 0.25) is 0 Å². The number of anilines is 2. The lowest BCUT2D eigenvalue weighted by Crippen LogP contribution is -2.27. The van der Waals surface area contributed by atoms with E-state index in [0.29, 0.717) is 29.3 Å². The molecule has 2 N–H and O–H groups in total. The molecule has 1 aromatic heterocycles. The summed E-state index contributed by atoms with van der Waals surface area (Å²) in [5.41, 5.74) is 2.09. The number of hydrogen-bond acceptors (Lipinski definition) is 5. The smallest absolute Gasteiger partial charge is 0.259 e. The topological polar surface area (TPSA) is 80.3 Å². The molecule has 2 amide bonds. The van der Waals surface area contributed by atoms with Crippen molar-refractivity contribution >= 4 is 34.5 Å². The Bertz CT molecular complexity index is 1040. The van der Waals surface area contributed by atoms with Crippen molar-refractivity contribution in [3.05, 3.63) is 70.2 Å². The number of aromatic nitrogens is 1. The highest BCUT2D eigenvalue weighted by Crippen LogP contribution is 2.23. The van der Waals surface area contributed by atoms with Crippen molar-refractivity contribution < 1.29 is 14.3 Å². The number of carbonyl (C=O) groups is 2. The molecule has 30 heavy (non-hydrogen) atoms. The van der Waals surface area contributed by atoms with E-state index < -0.39 is 5.41 Å². The number of amides is 2. The minimum absolute atomic E-state index is 0.0688. The molecule has 0 atom stereocenters. The molecule has 2 aromatic carbocycles. The van der Waals surface area contributed by atoms with Gasteiger partial charge in [0.05, 0.1) is 16.3 Å². The normalized spacial score (nSPS) is 11.1. The maximum Gasteiger partial charge on any atom is 0.259 e. The first kappa shape index (κ1) is 21.5. The molecule has 156 valence electrons. The second kappa shape index (κ2) is 9.09. The number of benzene rings is 2. The molecular formula is C23H25N3O3S. The summed E-state index contributed by atoms with van der Waals surface area (Å²) in [5, 5.41) is 8.64. The Kier molecular flexibility index (Phi) is 6.52. The average molecular weight is 424 g/mol. The minimum Gasteiger partial charge on any atom is -0.486 e. The van der Waals surface area contributed by atoms with Gasteiger partial charge in [0.1, 0.15) is 12.4 Å². The van der Waals surface area contributed by atoms with Gasteiger partial charge in [-0.05, 0) is 43.3 Å². The highest BCUT2D eigenvalue weighted by molar-refractivity contribution is 7.09. The summed E-state index contributed by atoms with van der Waals surface area (Å²) in [6.45, 7) is 7.80. The van der Waals surface area contributed by atoms with Gasteiger partial charge in [-0.2, -0.15) is 0 Å². The fourth-order valence-corrected chi connectivity index (χ4v) is 3.16. The van der Waals surface area contributed by atoms with Crippen LogP contribution in [-0.4, -0.2) is 16.8 Å².